The maximum atomic E-state index is 12.5. The van der Waals surface area contributed by atoms with E-state index < -0.39 is 0 Å². The van der Waals surface area contributed by atoms with Crippen LogP contribution in [-0.4, -0.2) is 11.8 Å². The minimum absolute atomic E-state index is 0.0642. The Morgan fingerprint density at radius 2 is 1.75 bits per heavy atom. The van der Waals surface area contributed by atoms with E-state index in [4.69, 9.17) is 0 Å². The molecule has 0 fully saturated rings. The van der Waals surface area contributed by atoms with Crippen molar-refractivity contribution in [3.8, 4) is 0 Å². The van der Waals surface area contributed by atoms with Crippen LogP contribution in [0.15, 0.2) is 42.5 Å². The minimum atomic E-state index is -0.0972. The number of hydrogen-bond donors (Lipinski definition) is 2. The highest BCUT2D eigenvalue weighted by molar-refractivity contribution is 6.04. The Balaban J connectivity index is 1.70. The molecule has 0 radical (unpaired) electrons. The Morgan fingerprint density at radius 1 is 1.00 bits per heavy atom. The molecule has 0 unspecified atom stereocenters. The van der Waals surface area contributed by atoms with Crippen LogP contribution < -0.4 is 10.6 Å². The van der Waals surface area contributed by atoms with Crippen LogP contribution in [-0.2, 0) is 24.2 Å². The van der Waals surface area contributed by atoms with Crippen LogP contribution in [0, 0.1) is 0 Å². The molecule has 3 rings (SSSR count). The first-order valence-corrected chi connectivity index (χ1v) is 8.39. The molecule has 0 atom stereocenters. The van der Waals surface area contributed by atoms with Crippen LogP contribution in [0.5, 0.6) is 0 Å². The van der Waals surface area contributed by atoms with E-state index >= 15 is 0 Å². The number of hydrogen-bond acceptors (Lipinski definition) is 2. The van der Waals surface area contributed by atoms with E-state index in [9.17, 15) is 9.59 Å². The Kier molecular flexibility index (Phi) is 4.94. The molecule has 0 aromatic heterocycles. The first kappa shape index (κ1) is 16.2. The third-order valence-electron chi connectivity index (χ3n) is 4.40. The van der Waals surface area contributed by atoms with E-state index in [0.29, 0.717) is 12.1 Å². The Labute approximate surface area is 142 Å². The van der Waals surface area contributed by atoms with Gasteiger partial charge < -0.3 is 10.6 Å². The number of benzene rings is 2. The van der Waals surface area contributed by atoms with E-state index in [-0.39, 0.29) is 11.8 Å². The predicted molar refractivity (Wildman–Crippen MR) is 95.0 cm³/mol. The molecule has 0 spiro atoms. The summed E-state index contributed by atoms with van der Waals surface area (Å²) in [6.07, 6.45) is 4.52. The zero-order valence-corrected chi connectivity index (χ0v) is 13.9. The standard InChI is InChI=1S/C20H22N2O2/c1-14(23)21-13-15-9-11-17(12-10-15)20(24)22-19-8-4-6-16-5-2-3-7-18(16)19/h4,6,8-12H,2-3,5,7,13H2,1H3,(H,21,23)(H,22,24). The van der Waals surface area contributed by atoms with E-state index in [0.717, 1.165) is 24.1 Å². The third-order valence-corrected chi connectivity index (χ3v) is 4.40. The highest BCUT2D eigenvalue weighted by Gasteiger charge is 2.15. The summed E-state index contributed by atoms with van der Waals surface area (Å²) in [7, 11) is 0. The van der Waals surface area contributed by atoms with Gasteiger partial charge in [-0.2, -0.15) is 0 Å². The van der Waals surface area contributed by atoms with Crippen molar-refractivity contribution in [1.82, 2.24) is 5.32 Å². The second kappa shape index (κ2) is 7.30. The van der Waals surface area contributed by atoms with Gasteiger partial charge in [-0.15, -0.1) is 0 Å². The fourth-order valence-corrected chi connectivity index (χ4v) is 3.09. The lowest BCUT2D eigenvalue weighted by atomic mass is 9.90. The van der Waals surface area contributed by atoms with Crippen molar-refractivity contribution in [3.63, 3.8) is 0 Å². The molecule has 2 aromatic rings. The van der Waals surface area contributed by atoms with Gasteiger partial charge >= 0.3 is 0 Å². The van der Waals surface area contributed by atoms with Gasteiger partial charge in [-0.05, 0) is 60.6 Å². The van der Waals surface area contributed by atoms with E-state index in [1.807, 2.05) is 24.3 Å². The monoisotopic (exact) mass is 322 g/mol. The molecule has 24 heavy (non-hydrogen) atoms. The van der Waals surface area contributed by atoms with Gasteiger partial charge in [0.1, 0.15) is 0 Å². The SMILES string of the molecule is CC(=O)NCc1ccc(C(=O)Nc2cccc3c2CCCC3)cc1. The Hall–Kier alpha value is -2.62. The lowest BCUT2D eigenvalue weighted by Gasteiger charge is -2.19. The van der Waals surface area contributed by atoms with Crippen molar-refractivity contribution in [2.45, 2.75) is 39.2 Å². The van der Waals surface area contributed by atoms with E-state index in [1.165, 1.54) is 30.9 Å². The van der Waals surface area contributed by atoms with Crippen LogP contribution >= 0.6 is 0 Å². The summed E-state index contributed by atoms with van der Waals surface area (Å²) in [5, 5.41) is 5.79. The summed E-state index contributed by atoms with van der Waals surface area (Å²) in [6, 6.07) is 13.5. The zero-order valence-electron chi connectivity index (χ0n) is 13.9. The van der Waals surface area contributed by atoms with Crippen LogP contribution in [0.2, 0.25) is 0 Å². The number of aryl methyl sites for hydroxylation is 1. The summed E-state index contributed by atoms with van der Waals surface area (Å²) in [4.78, 5) is 23.4. The zero-order chi connectivity index (χ0) is 16.9. The number of anilines is 1. The van der Waals surface area contributed by atoms with Crippen molar-refractivity contribution in [3.05, 3.63) is 64.7 Å². The van der Waals surface area contributed by atoms with Crippen molar-refractivity contribution < 1.29 is 9.59 Å². The summed E-state index contributed by atoms with van der Waals surface area (Å²) in [5.74, 6) is -0.161. The van der Waals surface area contributed by atoms with Gasteiger partial charge in [0.25, 0.3) is 5.91 Å². The molecule has 1 aliphatic rings. The van der Waals surface area contributed by atoms with Crippen molar-refractivity contribution in [1.29, 1.82) is 0 Å². The molecule has 4 nitrogen and oxygen atoms in total. The number of fused-ring (bicyclic) bond motifs is 1. The van der Waals surface area contributed by atoms with E-state index in [2.05, 4.69) is 16.7 Å². The van der Waals surface area contributed by atoms with Crippen LogP contribution in [0.3, 0.4) is 0 Å². The molecule has 4 heteroatoms. The van der Waals surface area contributed by atoms with Crippen LogP contribution in [0.25, 0.3) is 0 Å². The molecule has 0 saturated carbocycles. The molecule has 2 amide bonds. The molecule has 2 N–H and O–H groups in total. The summed E-state index contributed by atoms with van der Waals surface area (Å²) in [5.41, 5.74) is 5.15. The van der Waals surface area contributed by atoms with Gasteiger partial charge in [0.15, 0.2) is 0 Å². The maximum absolute atomic E-state index is 12.5. The molecule has 0 saturated heterocycles. The van der Waals surface area contributed by atoms with Gasteiger partial charge in [0.2, 0.25) is 5.91 Å². The van der Waals surface area contributed by atoms with Crippen LogP contribution in [0.1, 0.15) is 46.8 Å². The number of rotatable bonds is 4. The molecule has 1 aliphatic carbocycles. The molecular weight excluding hydrogens is 300 g/mol. The molecule has 0 bridgehead atoms. The van der Waals surface area contributed by atoms with Crippen molar-refractivity contribution >= 4 is 17.5 Å². The van der Waals surface area contributed by atoms with Gasteiger partial charge in [0.05, 0.1) is 0 Å². The fourth-order valence-electron chi connectivity index (χ4n) is 3.09. The third kappa shape index (κ3) is 3.82. The maximum Gasteiger partial charge on any atom is 0.255 e. The summed E-state index contributed by atoms with van der Waals surface area (Å²) >= 11 is 0. The van der Waals surface area contributed by atoms with Gasteiger partial charge in [-0.3, -0.25) is 9.59 Å². The topological polar surface area (TPSA) is 58.2 Å². The van der Waals surface area contributed by atoms with Gasteiger partial charge in [-0.1, -0.05) is 24.3 Å². The minimum Gasteiger partial charge on any atom is -0.352 e. The number of nitrogens with one attached hydrogen (secondary N) is 2. The van der Waals surface area contributed by atoms with Gasteiger partial charge in [0, 0.05) is 24.7 Å². The number of carbonyl (C=O) groups is 2. The smallest absolute Gasteiger partial charge is 0.255 e. The Morgan fingerprint density at radius 3 is 2.50 bits per heavy atom. The summed E-state index contributed by atoms with van der Waals surface area (Å²) in [6.45, 7) is 1.96. The Bertz CT molecular complexity index is 751. The lowest BCUT2D eigenvalue weighted by Crippen LogP contribution is -2.19. The number of amides is 2. The average molecular weight is 322 g/mol. The predicted octanol–water partition coefficient (Wildman–Crippen LogP) is 3.45. The molecule has 2 aromatic carbocycles. The van der Waals surface area contributed by atoms with E-state index in [1.54, 1.807) is 12.1 Å². The highest BCUT2D eigenvalue weighted by Crippen LogP contribution is 2.28. The highest BCUT2D eigenvalue weighted by atomic mass is 16.2. The normalized spacial score (nSPS) is 13.0. The first-order chi connectivity index (χ1) is 11.6. The quantitative estimate of drug-likeness (QED) is 0.906. The molecule has 0 aliphatic heterocycles. The molecular formula is C20H22N2O2. The second-order valence-corrected chi connectivity index (χ2v) is 6.21. The average Bonchev–Trinajstić information content (AvgIpc) is 2.60. The first-order valence-electron chi connectivity index (χ1n) is 8.39. The lowest BCUT2D eigenvalue weighted by molar-refractivity contribution is -0.119. The summed E-state index contributed by atoms with van der Waals surface area (Å²) < 4.78 is 0. The fraction of sp³-hybridized carbons (Fsp3) is 0.300. The second-order valence-electron chi connectivity index (χ2n) is 6.21. The van der Waals surface area contributed by atoms with Crippen molar-refractivity contribution in [2.24, 2.45) is 0 Å². The van der Waals surface area contributed by atoms with Crippen LogP contribution in [0.4, 0.5) is 5.69 Å². The largest absolute Gasteiger partial charge is 0.352 e. The molecule has 0 heterocycles. The van der Waals surface area contributed by atoms with Gasteiger partial charge in [-0.25, -0.2) is 0 Å². The molecule has 124 valence electrons. The number of carbonyl (C=O) groups excluding carboxylic acids is 2. The van der Waals surface area contributed by atoms with Crippen molar-refractivity contribution in [2.75, 3.05) is 5.32 Å².